The molecule has 4 rings (SSSR count). The van der Waals surface area contributed by atoms with Crippen molar-refractivity contribution in [3.8, 4) is 40.1 Å². The van der Waals surface area contributed by atoms with E-state index in [9.17, 15) is 4.79 Å². The summed E-state index contributed by atoms with van der Waals surface area (Å²) in [4.78, 5) is 12.9. The average Bonchev–Trinajstić information content (AvgIpc) is 3.14. The van der Waals surface area contributed by atoms with E-state index in [0.29, 0.717) is 45.3 Å². The van der Waals surface area contributed by atoms with Crippen molar-refractivity contribution in [2.75, 3.05) is 28.1 Å². The summed E-state index contributed by atoms with van der Waals surface area (Å²) in [6.07, 6.45) is 0. The molecule has 0 amide bonds. The fraction of sp³-hybridized carbons (Fsp3) is 0.211. The van der Waals surface area contributed by atoms with Gasteiger partial charge in [0.05, 0.1) is 26.7 Å². The predicted octanol–water partition coefficient (Wildman–Crippen LogP) is 3.21. The van der Waals surface area contributed by atoms with Crippen LogP contribution >= 0.6 is 0 Å². The fourth-order valence-electron chi connectivity index (χ4n) is 2.92. The second-order valence-corrected chi connectivity index (χ2v) is 5.56. The molecule has 2 heterocycles. The zero-order valence-corrected chi connectivity index (χ0v) is 14.5. The van der Waals surface area contributed by atoms with Crippen LogP contribution in [0, 0.1) is 0 Å². The van der Waals surface area contributed by atoms with Crippen LogP contribution in [0.25, 0.3) is 22.3 Å². The maximum absolute atomic E-state index is 12.9. The minimum Gasteiger partial charge on any atom is -0.493 e. The predicted molar refractivity (Wildman–Crippen MR) is 93.7 cm³/mol. The molecule has 7 heteroatoms. The number of hydrogen-bond acceptors (Lipinski definition) is 7. The molecule has 0 radical (unpaired) electrons. The van der Waals surface area contributed by atoms with Gasteiger partial charge in [0.25, 0.3) is 0 Å². The zero-order chi connectivity index (χ0) is 18.3. The molecule has 2 aromatic carbocycles. The molecular weight excluding hydrogens is 340 g/mol. The van der Waals surface area contributed by atoms with E-state index < -0.39 is 0 Å². The zero-order valence-electron chi connectivity index (χ0n) is 14.5. The number of methoxy groups -OCH3 is 3. The minimum absolute atomic E-state index is 0.101. The van der Waals surface area contributed by atoms with Crippen LogP contribution in [0.15, 0.2) is 39.5 Å². The third-order valence-corrected chi connectivity index (χ3v) is 4.19. The van der Waals surface area contributed by atoms with Gasteiger partial charge >= 0.3 is 0 Å². The van der Waals surface area contributed by atoms with Crippen molar-refractivity contribution in [3.63, 3.8) is 0 Å². The van der Waals surface area contributed by atoms with Crippen LogP contribution in [0.3, 0.4) is 0 Å². The third-order valence-electron chi connectivity index (χ3n) is 4.19. The maximum atomic E-state index is 12.9. The summed E-state index contributed by atoms with van der Waals surface area (Å²) < 4.78 is 32.6. The van der Waals surface area contributed by atoms with Crippen LogP contribution in [-0.4, -0.2) is 28.1 Å². The summed E-state index contributed by atoms with van der Waals surface area (Å²) in [5.41, 5.74) is 0.698. The molecule has 0 saturated carbocycles. The van der Waals surface area contributed by atoms with Gasteiger partial charge in [0.15, 0.2) is 28.8 Å². The summed E-state index contributed by atoms with van der Waals surface area (Å²) in [6, 6.07) is 8.48. The van der Waals surface area contributed by atoms with Crippen molar-refractivity contribution in [1.29, 1.82) is 0 Å². The highest BCUT2D eigenvalue weighted by atomic mass is 16.7. The van der Waals surface area contributed by atoms with Gasteiger partial charge in [0, 0.05) is 11.6 Å². The van der Waals surface area contributed by atoms with Crippen LogP contribution < -0.4 is 29.1 Å². The molecule has 0 N–H and O–H groups in total. The van der Waals surface area contributed by atoms with Gasteiger partial charge in [-0.25, -0.2) is 0 Å². The average molecular weight is 356 g/mol. The Morgan fingerprint density at radius 2 is 1.62 bits per heavy atom. The SMILES string of the molecule is COc1cc2oc(-c3ccc4c(c3)OCO4)c(OC)c(=O)c2cc1OC. The highest BCUT2D eigenvalue weighted by Gasteiger charge is 2.21. The molecule has 0 unspecified atom stereocenters. The lowest BCUT2D eigenvalue weighted by molar-refractivity contribution is 0.174. The molecule has 0 fully saturated rings. The van der Waals surface area contributed by atoms with Crippen LogP contribution in [0.2, 0.25) is 0 Å². The van der Waals surface area contributed by atoms with Gasteiger partial charge in [-0.3, -0.25) is 4.79 Å². The minimum atomic E-state index is -0.303. The standard InChI is InChI=1S/C19H16O7/c1-21-14-7-11-13(8-15(14)22-2)26-18(19(23-3)17(11)20)10-4-5-12-16(6-10)25-9-24-12/h4-8H,9H2,1-3H3. The lowest BCUT2D eigenvalue weighted by Crippen LogP contribution is -2.08. The molecule has 0 spiro atoms. The van der Waals surface area contributed by atoms with Gasteiger partial charge in [-0.1, -0.05) is 0 Å². The molecule has 0 saturated heterocycles. The Balaban J connectivity index is 1.98. The summed E-state index contributed by atoms with van der Waals surface area (Å²) in [5.74, 6) is 2.52. The first-order chi connectivity index (χ1) is 12.7. The van der Waals surface area contributed by atoms with E-state index >= 15 is 0 Å². The van der Waals surface area contributed by atoms with Crippen molar-refractivity contribution >= 4 is 11.0 Å². The normalized spacial score (nSPS) is 12.3. The van der Waals surface area contributed by atoms with E-state index in [-0.39, 0.29) is 18.0 Å². The topological polar surface area (TPSA) is 76.4 Å². The molecule has 7 nitrogen and oxygen atoms in total. The van der Waals surface area contributed by atoms with Crippen molar-refractivity contribution in [1.82, 2.24) is 0 Å². The second-order valence-electron chi connectivity index (χ2n) is 5.56. The molecule has 0 atom stereocenters. The molecule has 0 bridgehead atoms. The first kappa shape index (κ1) is 16.1. The number of ether oxygens (including phenoxy) is 5. The van der Waals surface area contributed by atoms with E-state index in [1.54, 1.807) is 30.3 Å². The Labute approximate surface area is 148 Å². The first-order valence-corrected chi connectivity index (χ1v) is 7.83. The van der Waals surface area contributed by atoms with Crippen LogP contribution in [-0.2, 0) is 0 Å². The van der Waals surface area contributed by atoms with E-state index in [0.717, 1.165) is 0 Å². The second kappa shape index (κ2) is 6.18. The number of fused-ring (bicyclic) bond motifs is 2. The monoisotopic (exact) mass is 356 g/mol. The highest BCUT2D eigenvalue weighted by Crippen LogP contribution is 2.40. The molecule has 134 valence electrons. The molecule has 1 aromatic heterocycles. The lowest BCUT2D eigenvalue weighted by Gasteiger charge is -2.12. The van der Waals surface area contributed by atoms with Gasteiger partial charge in [-0.05, 0) is 24.3 Å². The molecule has 0 aliphatic carbocycles. The summed E-state index contributed by atoms with van der Waals surface area (Å²) >= 11 is 0. The van der Waals surface area contributed by atoms with E-state index in [1.807, 2.05) is 0 Å². The number of rotatable bonds is 4. The van der Waals surface area contributed by atoms with Gasteiger partial charge in [0.1, 0.15) is 5.58 Å². The van der Waals surface area contributed by atoms with Crippen LogP contribution in [0.1, 0.15) is 0 Å². The molecule has 1 aliphatic heterocycles. The third kappa shape index (κ3) is 2.40. The summed E-state index contributed by atoms with van der Waals surface area (Å²) in [7, 11) is 4.45. The Morgan fingerprint density at radius 1 is 0.885 bits per heavy atom. The van der Waals surface area contributed by atoms with Crippen LogP contribution in [0.5, 0.6) is 28.7 Å². The van der Waals surface area contributed by atoms with Gasteiger partial charge in [-0.15, -0.1) is 0 Å². The van der Waals surface area contributed by atoms with E-state index in [4.69, 9.17) is 28.1 Å². The van der Waals surface area contributed by atoms with E-state index in [2.05, 4.69) is 0 Å². The molecule has 1 aliphatic rings. The highest BCUT2D eigenvalue weighted by molar-refractivity contribution is 5.85. The largest absolute Gasteiger partial charge is 0.493 e. The maximum Gasteiger partial charge on any atom is 0.235 e. The molecule has 26 heavy (non-hydrogen) atoms. The van der Waals surface area contributed by atoms with Gasteiger partial charge in [0.2, 0.25) is 18.0 Å². The van der Waals surface area contributed by atoms with Crippen molar-refractivity contribution in [2.45, 2.75) is 0 Å². The smallest absolute Gasteiger partial charge is 0.235 e. The molecule has 3 aromatic rings. The molecular formula is C19H16O7. The summed E-state index contributed by atoms with van der Waals surface area (Å²) in [5, 5.41) is 0.337. The number of hydrogen-bond donors (Lipinski definition) is 0. The van der Waals surface area contributed by atoms with Gasteiger partial charge in [-0.2, -0.15) is 0 Å². The Hall–Kier alpha value is -3.35. The van der Waals surface area contributed by atoms with E-state index in [1.165, 1.54) is 21.3 Å². The lowest BCUT2D eigenvalue weighted by atomic mass is 10.1. The Kier molecular flexibility index (Phi) is 3.84. The fourth-order valence-corrected chi connectivity index (χ4v) is 2.92. The number of benzene rings is 2. The first-order valence-electron chi connectivity index (χ1n) is 7.83. The quantitative estimate of drug-likeness (QED) is 0.710. The van der Waals surface area contributed by atoms with Crippen LogP contribution in [0.4, 0.5) is 0 Å². The Morgan fingerprint density at radius 3 is 2.35 bits per heavy atom. The summed E-state index contributed by atoms with van der Waals surface area (Å²) in [6.45, 7) is 0.161. The van der Waals surface area contributed by atoms with Crippen molar-refractivity contribution < 1.29 is 28.1 Å². The van der Waals surface area contributed by atoms with Crippen molar-refractivity contribution in [3.05, 3.63) is 40.6 Å². The Bertz CT molecular complexity index is 1050. The van der Waals surface area contributed by atoms with Crippen molar-refractivity contribution in [2.24, 2.45) is 0 Å². The van der Waals surface area contributed by atoms with Gasteiger partial charge < -0.3 is 28.1 Å².